The summed E-state index contributed by atoms with van der Waals surface area (Å²) in [5.74, 6) is -0.895. The lowest BCUT2D eigenvalue weighted by molar-refractivity contribution is -0.115. The van der Waals surface area contributed by atoms with Gasteiger partial charge in [-0.3, -0.25) is 4.79 Å². The molecule has 0 unspecified atom stereocenters. The van der Waals surface area contributed by atoms with Gasteiger partial charge in [-0.05, 0) is 11.4 Å². The molecule has 0 aromatic carbocycles. The molecule has 1 N–H and O–H groups in total. The van der Waals surface area contributed by atoms with E-state index in [9.17, 15) is 14.3 Å². The Labute approximate surface area is 73.0 Å². The highest BCUT2D eigenvalue weighted by Crippen LogP contribution is 2.16. The number of aliphatic hydroxyl groups is 1. The summed E-state index contributed by atoms with van der Waals surface area (Å²) in [6.07, 6.45) is 0.895. The van der Waals surface area contributed by atoms with E-state index in [1.165, 1.54) is 11.3 Å². The predicted molar refractivity (Wildman–Crippen MR) is 45.9 cm³/mol. The Morgan fingerprint density at radius 1 is 1.75 bits per heavy atom. The van der Waals surface area contributed by atoms with E-state index in [1.54, 1.807) is 17.5 Å². The quantitative estimate of drug-likeness (QED) is 0.580. The summed E-state index contributed by atoms with van der Waals surface area (Å²) in [6, 6.07) is 3.39. The van der Waals surface area contributed by atoms with Crippen LogP contribution >= 0.6 is 11.3 Å². The molecule has 4 heteroatoms. The van der Waals surface area contributed by atoms with Gasteiger partial charge in [0.15, 0.2) is 12.5 Å². The molecule has 0 bridgehead atoms. The zero-order valence-corrected chi connectivity index (χ0v) is 6.97. The zero-order chi connectivity index (χ0) is 8.97. The van der Waals surface area contributed by atoms with Crippen molar-refractivity contribution in [3.8, 4) is 0 Å². The molecule has 0 aliphatic rings. The van der Waals surface area contributed by atoms with Crippen molar-refractivity contribution >= 4 is 22.9 Å². The molecule has 0 atom stereocenters. The second-order valence-corrected chi connectivity index (χ2v) is 3.05. The molecule has 2 nitrogen and oxygen atoms in total. The zero-order valence-electron chi connectivity index (χ0n) is 6.16. The van der Waals surface area contributed by atoms with Crippen LogP contribution in [0.4, 0.5) is 4.39 Å². The van der Waals surface area contributed by atoms with Gasteiger partial charge in [-0.15, -0.1) is 11.3 Å². The molecule has 0 aliphatic heterocycles. The van der Waals surface area contributed by atoms with E-state index >= 15 is 0 Å². The molecule has 1 aromatic rings. The smallest absolute Gasteiger partial charge is 0.190 e. The molecule has 0 saturated carbocycles. The number of carbonyl (C=O) groups is 1. The van der Waals surface area contributed by atoms with Crippen LogP contribution in [-0.2, 0) is 4.79 Å². The van der Waals surface area contributed by atoms with Crippen molar-refractivity contribution < 1.29 is 14.3 Å². The third kappa shape index (κ3) is 2.17. The average Bonchev–Trinajstić information content (AvgIpc) is 2.56. The van der Waals surface area contributed by atoms with Crippen LogP contribution in [0.15, 0.2) is 23.6 Å². The summed E-state index contributed by atoms with van der Waals surface area (Å²) >= 11 is 1.29. The molecule has 1 rings (SSSR count). The molecule has 0 fully saturated rings. The van der Waals surface area contributed by atoms with E-state index in [-0.39, 0.29) is 5.76 Å². The minimum Gasteiger partial charge on any atom is -0.506 e. The van der Waals surface area contributed by atoms with Crippen molar-refractivity contribution in [2.24, 2.45) is 0 Å². The van der Waals surface area contributed by atoms with Gasteiger partial charge in [0.05, 0.1) is 4.88 Å². The number of hydrogen-bond donors (Lipinski definition) is 1. The van der Waals surface area contributed by atoms with Crippen LogP contribution in [0.2, 0.25) is 0 Å². The lowest BCUT2D eigenvalue weighted by Crippen LogP contribution is -1.95. The third-order valence-electron chi connectivity index (χ3n) is 1.20. The Balaban J connectivity index is 2.77. The number of halogens is 1. The van der Waals surface area contributed by atoms with Crippen molar-refractivity contribution in [2.75, 3.05) is 6.67 Å². The van der Waals surface area contributed by atoms with E-state index < -0.39 is 12.5 Å². The molecule has 0 amide bonds. The van der Waals surface area contributed by atoms with Gasteiger partial charge in [0.2, 0.25) is 0 Å². The van der Waals surface area contributed by atoms with Gasteiger partial charge < -0.3 is 5.11 Å². The lowest BCUT2D eigenvalue weighted by Gasteiger charge is -1.92. The largest absolute Gasteiger partial charge is 0.506 e. The van der Waals surface area contributed by atoms with Crippen LogP contribution in [0.1, 0.15) is 4.88 Å². The van der Waals surface area contributed by atoms with Crippen molar-refractivity contribution in [3.05, 3.63) is 28.5 Å². The topological polar surface area (TPSA) is 37.3 Å². The fourth-order valence-corrected chi connectivity index (χ4v) is 1.33. The molecule has 64 valence electrons. The number of rotatable bonds is 3. The minimum atomic E-state index is -1.07. The van der Waals surface area contributed by atoms with Gasteiger partial charge >= 0.3 is 0 Å². The number of thiophene rings is 1. The van der Waals surface area contributed by atoms with Gasteiger partial charge in [0.25, 0.3) is 0 Å². The van der Waals surface area contributed by atoms with Crippen molar-refractivity contribution in [1.29, 1.82) is 0 Å². The van der Waals surface area contributed by atoms with E-state index in [0.29, 0.717) is 4.88 Å². The number of aliphatic hydroxyl groups excluding tert-OH is 1. The van der Waals surface area contributed by atoms with Gasteiger partial charge in [0.1, 0.15) is 5.76 Å². The first-order valence-corrected chi connectivity index (χ1v) is 4.15. The summed E-state index contributed by atoms with van der Waals surface area (Å²) in [5, 5.41) is 11.0. The van der Waals surface area contributed by atoms with Gasteiger partial charge in [-0.1, -0.05) is 6.07 Å². The Morgan fingerprint density at radius 2 is 2.50 bits per heavy atom. The fraction of sp³-hybridized carbons (Fsp3) is 0.125. The van der Waals surface area contributed by atoms with Crippen molar-refractivity contribution in [1.82, 2.24) is 0 Å². The van der Waals surface area contributed by atoms with Crippen LogP contribution in [0.5, 0.6) is 0 Å². The highest BCUT2D eigenvalue weighted by molar-refractivity contribution is 7.11. The molecule has 12 heavy (non-hydrogen) atoms. The second-order valence-electron chi connectivity index (χ2n) is 2.11. The highest BCUT2D eigenvalue weighted by atomic mass is 32.1. The van der Waals surface area contributed by atoms with E-state index in [2.05, 4.69) is 0 Å². The fourth-order valence-electron chi connectivity index (χ4n) is 0.687. The first kappa shape index (κ1) is 8.93. The Bertz CT molecular complexity index is 290. The van der Waals surface area contributed by atoms with Gasteiger partial charge in [-0.2, -0.15) is 0 Å². The monoisotopic (exact) mass is 186 g/mol. The summed E-state index contributed by atoms with van der Waals surface area (Å²) < 4.78 is 11.7. The molecular weight excluding hydrogens is 179 g/mol. The van der Waals surface area contributed by atoms with Crippen LogP contribution < -0.4 is 0 Å². The molecular formula is C8H7FO2S. The SMILES string of the molecule is O=C(C=C(O)c1cccs1)CF. The molecule has 0 aliphatic carbocycles. The van der Waals surface area contributed by atoms with Crippen molar-refractivity contribution in [2.45, 2.75) is 0 Å². The van der Waals surface area contributed by atoms with Gasteiger partial charge in [0, 0.05) is 6.08 Å². The summed E-state index contributed by atoms with van der Waals surface area (Å²) in [4.78, 5) is 11.1. The first-order valence-electron chi connectivity index (χ1n) is 3.27. The maximum absolute atomic E-state index is 11.7. The van der Waals surface area contributed by atoms with Crippen LogP contribution in [0.25, 0.3) is 5.76 Å². The maximum atomic E-state index is 11.7. The van der Waals surface area contributed by atoms with Crippen LogP contribution in [0.3, 0.4) is 0 Å². The Hall–Kier alpha value is -1.16. The van der Waals surface area contributed by atoms with Crippen LogP contribution in [-0.4, -0.2) is 17.6 Å². The molecule has 0 radical (unpaired) electrons. The summed E-state index contributed by atoms with van der Waals surface area (Å²) in [5.41, 5.74) is 0. The molecule has 0 spiro atoms. The maximum Gasteiger partial charge on any atom is 0.190 e. The van der Waals surface area contributed by atoms with E-state index in [0.717, 1.165) is 6.08 Å². The Kier molecular flexibility index (Phi) is 2.99. The van der Waals surface area contributed by atoms with Crippen LogP contribution in [0, 0.1) is 0 Å². The number of hydrogen-bond acceptors (Lipinski definition) is 3. The molecule has 0 saturated heterocycles. The first-order chi connectivity index (χ1) is 5.74. The number of allylic oxidation sites excluding steroid dienone is 1. The Morgan fingerprint density at radius 3 is 3.00 bits per heavy atom. The number of carbonyl (C=O) groups excluding carboxylic acids is 1. The van der Waals surface area contributed by atoms with Crippen molar-refractivity contribution in [3.63, 3.8) is 0 Å². The molecule has 1 aromatic heterocycles. The second kappa shape index (κ2) is 4.01. The minimum absolute atomic E-state index is 0.173. The number of alkyl halides is 1. The summed E-state index contributed by atoms with van der Waals surface area (Å²) in [7, 11) is 0. The predicted octanol–water partition coefficient (Wildman–Crippen LogP) is 2.19. The van der Waals surface area contributed by atoms with E-state index in [4.69, 9.17) is 0 Å². The van der Waals surface area contributed by atoms with Gasteiger partial charge in [-0.25, -0.2) is 4.39 Å². The average molecular weight is 186 g/mol. The normalized spacial score (nSPS) is 11.6. The highest BCUT2D eigenvalue weighted by Gasteiger charge is 2.02. The lowest BCUT2D eigenvalue weighted by atomic mass is 10.3. The standard InChI is InChI=1S/C8H7FO2S/c9-5-6(10)4-7(11)8-2-1-3-12-8/h1-4,11H,5H2. The molecule has 1 heterocycles. The van der Waals surface area contributed by atoms with E-state index in [1.807, 2.05) is 0 Å². The summed E-state index contributed by atoms with van der Waals surface area (Å²) in [6.45, 7) is -1.07. The number of ketones is 1. The third-order valence-corrected chi connectivity index (χ3v) is 2.10.